The van der Waals surface area contributed by atoms with Crippen molar-refractivity contribution >= 4 is 5.91 Å². The zero-order chi connectivity index (χ0) is 14.8. The number of aliphatic hydroxyl groups is 1. The van der Waals surface area contributed by atoms with Crippen LogP contribution in [0.25, 0.3) is 0 Å². The third-order valence-corrected chi connectivity index (χ3v) is 3.94. The van der Waals surface area contributed by atoms with Gasteiger partial charge in [0.05, 0.1) is 24.9 Å². The van der Waals surface area contributed by atoms with Gasteiger partial charge in [0, 0.05) is 25.8 Å². The van der Waals surface area contributed by atoms with Gasteiger partial charge in [-0.15, -0.1) is 0 Å². The lowest BCUT2D eigenvalue weighted by Gasteiger charge is -2.42. The molecular weight excluding hydrogens is 256 g/mol. The van der Waals surface area contributed by atoms with Gasteiger partial charge < -0.3 is 14.7 Å². The highest BCUT2D eigenvalue weighted by molar-refractivity contribution is 5.79. The predicted molar refractivity (Wildman–Crippen MR) is 77.2 cm³/mol. The van der Waals surface area contributed by atoms with Crippen molar-refractivity contribution in [1.82, 2.24) is 9.80 Å². The summed E-state index contributed by atoms with van der Waals surface area (Å²) in [7, 11) is 1.86. The van der Waals surface area contributed by atoms with E-state index in [1.165, 1.54) is 0 Å². The summed E-state index contributed by atoms with van der Waals surface area (Å²) in [4.78, 5) is 16.2. The van der Waals surface area contributed by atoms with Crippen molar-refractivity contribution in [1.29, 1.82) is 0 Å². The van der Waals surface area contributed by atoms with Gasteiger partial charge in [-0.2, -0.15) is 0 Å². The first-order chi connectivity index (χ1) is 9.41. The maximum absolute atomic E-state index is 12.3. The van der Waals surface area contributed by atoms with Crippen LogP contribution in [0.3, 0.4) is 0 Å². The Kier molecular flexibility index (Phi) is 4.83. The molecule has 0 aromatic rings. The number of carbonyl (C=O) groups excluding carboxylic acids is 1. The zero-order valence-electron chi connectivity index (χ0n) is 12.8. The molecule has 1 aliphatic carbocycles. The van der Waals surface area contributed by atoms with Crippen LogP contribution < -0.4 is 0 Å². The molecule has 1 atom stereocenters. The van der Waals surface area contributed by atoms with Gasteiger partial charge in [-0.25, -0.2) is 0 Å². The van der Waals surface area contributed by atoms with Crippen LogP contribution in [0.15, 0.2) is 11.8 Å². The number of nitrogens with zero attached hydrogens (tertiary/aromatic N) is 2. The van der Waals surface area contributed by atoms with Crippen LogP contribution >= 0.6 is 0 Å². The van der Waals surface area contributed by atoms with Gasteiger partial charge in [-0.05, 0) is 33.1 Å². The Morgan fingerprint density at radius 3 is 2.95 bits per heavy atom. The Morgan fingerprint density at radius 1 is 1.60 bits per heavy atom. The van der Waals surface area contributed by atoms with E-state index in [-0.39, 0.29) is 24.2 Å². The number of carbonyl (C=O) groups is 1. The van der Waals surface area contributed by atoms with Crippen LogP contribution in [-0.2, 0) is 9.53 Å². The molecule has 2 aliphatic rings. The Morgan fingerprint density at radius 2 is 2.35 bits per heavy atom. The summed E-state index contributed by atoms with van der Waals surface area (Å²) >= 11 is 0. The smallest absolute Gasteiger partial charge is 0.240 e. The molecule has 1 fully saturated rings. The van der Waals surface area contributed by atoms with E-state index in [4.69, 9.17) is 4.74 Å². The lowest BCUT2D eigenvalue weighted by molar-refractivity contribution is -0.155. The van der Waals surface area contributed by atoms with Crippen LogP contribution in [0.1, 0.15) is 33.1 Å². The second kappa shape index (κ2) is 6.24. The fourth-order valence-electron chi connectivity index (χ4n) is 3.05. The minimum atomic E-state index is -0.322. The van der Waals surface area contributed by atoms with E-state index in [1.807, 2.05) is 20.9 Å². The average molecular weight is 282 g/mol. The molecule has 5 heteroatoms. The van der Waals surface area contributed by atoms with Crippen molar-refractivity contribution in [2.45, 2.75) is 44.8 Å². The van der Waals surface area contributed by atoms with Gasteiger partial charge in [0.2, 0.25) is 5.91 Å². The molecule has 1 heterocycles. The number of ether oxygens (including phenoxy) is 1. The second-order valence-electron chi connectivity index (χ2n) is 6.39. The Hall–Kier alpha value is -0.910. The Balaban J connectivity index is 1.92. The highest BCUT2D eigenvalue weighted by Gasteiger charge is 2.34. The zero-order valence-corrected chi connectivity index (χ0v) is 12.8. The quantitative estimate of drug-likeness (QED) is 0.835. The molecule has 2 rings (SSSR count). The first-order valence-electron chi connectivity index (χ1n) is 7.38. The van der Waals surface area contributed by atoms with E-state index < -0.39 is 0 Å². The lowest BCUT2D eigenvalue weighted by atomic mass is 10.1. The molecule has 0 aromatic carbocycles. The van der Waals surface area contributed by atoms with Crippen LogP contribution in [0.4, 0.5) is 0 Å². The van der Waals surface area contributed by atoms with Crippen molar-refractivity contribution < 1.29 is 14.6 Å². The first-order valence-corrected chi connectivity index (χ1v) is 7.38. The molecule has 5 nitrogen and oxygen atoms in total. The number of allylic oxidation sites excluding steroid dienone is 2. The standard InChI is InChI=1S/C15H26N2O3/c1-15(2)11-17(8-13(10-18)20-15)9-14(19)16(3)12-6-4-5-7-12/h6,13,18H,4-5,7-11H2,1-3H3. The van der Waals surface area contributed by atoms with Gasteiger partial charge in [0.15, 0.2) is 0 Å². The van der Waals surface area contributed by atoms with E-state index in [2.05, 4.69) is 11.0 Å². The topological polar surface area (TPSA) is 53.0 Å². The second-order valence-corrected chi connectivity index (χ2v) is 6.39. The summed E-state index contributed by atoms with van der Waals surface area (Å²) in [5.41, 5.74) is 0.818. The molecule has 1 N–H and O–H groups in total. The number of morpholine rings is 1. The third kappa shape index (κ3) is 3.81. The average Bonchev–Trinajstić information content (AvgIpc) is 2.89. The normalized spacial score (nSPS) is 26.4. The van der Waals surface area contributed by atoms with E-state index in [9.17, 15) is 9.90 Å². The SMILES string of the molecule is CN(C(=O)CN1CC(CO)OC(C)(C)C1)C1=CCCC1. The van der Waals surface area contributed by atoms with Crippen molar-refractivity contribution in [2.75, 3.05) is 33.3 Å². The van der Waals surface area contributed by atoms with Crippen LogP contribution in [-0.4, -0.2) is 65.8 Å². The van der Waals surface area contributed by atoms with Gasteiger partial charge in [-0.3, -0.25) is 9.69 Å². The van der Waals surface area contributed by atoms with Gasteiger partial charge in [0.25, 0.3) is 0 Å². The first kappa shape index (κ1) is 15.5. The fourth-order valence-corrected chi connectivity index (χ4v) is 3.05. The third-order valence-electron chi connectivity index (χ3n) is 3.94. The fraction of sp³-hybridized carbons (Fsp3) is 0.800. The molecule has 0 bridgehead atoms. The molecule has 1 aliphatic heterocycles. The van der Waals surface area contributed by atoms with E-state index in [1.54, 1.807) is 4.90 Å². The van der Waals surface area contributed by atoms with Gasteiger partial charge in [0.1, 0.15) is 0 Å². The van der Waals surface area contributed by atoms with Crippen LogP contribution in [0, 0.1) is 0 Å². The summed E-state index contributed by atoms with van der Waals surface area (Å²) in [6, 6.07) is 0. The highest BCUT2D eigenvalue weighted by atomic mass is 16.5. The molecule has 1 amide bonds. The number of amides is 1. The number of rotatable bonds is 4. The molecule has 20 heavy (non-hydrogen) atoms. The summed E-state index contributed by atoms with van der Waals surface area (Å²) in [5.74, 6) is 0.118. The van der Waals surface area contributed by atoms with Crippen molar-refractivity contribution in [2.24, 2.45) is 0 Å². The van der Waals surface area contributed by atoms with E-state index >= 15 is 0 Å². The summed E-state index contributed by atoms with van der Waals surface area (Å²) in [6.45, 7) is 5.69. The predicted octanol–water partition coefficient (Wildman–Crippen LogP) is 0.984. The molecule has 0 aromatic heterocycles. The highest BCUT2D eigenvalue weighted by Crippen LogP contribution is 2.23. The largest absolute Gasteiger partial charge is 0.394 e. The van der Waals surface area contributed by atoms with Crippen molar-refractivity contribution in [3.05, 3.63) is 11.8 Å². The molecular formula is C15H26N2O3. The minimum absolute atomic E-state index is 0.00485. The Labute approximate surface area is 121 Å². The van der Waals surface area contributed by atoms with Crippen molar-refractivity contribution in [3.63, 3.8) is 0 Å². The van der Waals surface area contributed by atoms with Crippen LogP contribution in [0.2, 0.25) is 0 Å². The molecule has 0 spiro atoms. The number of aliphatic hydroxyl groups excluding tert-OH is 1. The summed E-state index contributed by atoms with van der Waals surface area (Å²) < 4.78 is 5.77. The van der Waals surface area contributed by atoms with Gasteiger partial charge in [-0.1, -0.05) is 6.08 Å². The number of likely N-dealkylation sites (N-methyl/N-ethyl adjacent to an activating group) is 1. The lowest BCUT2D eigenvalue weighted by Crippen LogP contribution is -2.55. The minimum Gasteiger partial charge on any atom is -0.394 e. The van der Waals surface area contributed by atoms with E-state index in [0.717, 1.165) is 25.0 Å². The number of hydrogen-bond donors (Lipinski definition) is 1. The van der Waals surface area contributed by atoms with Crippen molar-refractivity contribution in [3.8, 4) is 0 Å². The van der Waals surface area contributed by atoms with Crippen LogP contribution in [0.5, 0.6) is 0 Å². The summed E-state index contributed by atoms with van der Waals surface area (Å²) in [6.07, 6.45) is 5.16. The summed E-state index contributed by atoms with van der Waals surface area (Å²) in [5, 5.41) is 9.30. The molecule has 0 saturated carbocycles. The monoisotopic (exact) mass is 282 g/mol. The number of hydrogen-bond acceptors (Lipinski definition) is 4. The van der Waals surface area contributed by atoms with E-state index in [0.29, 0.717) is 19.6 Å². The maximum atomic E-state index is 12.3. The molecule has 1 saturated heterocycles. The molecule has 0 radical (unpaired) electrons. The van der Waals surface area contributed by atoms with Gasteiger partial charge >= 0.3 is 0 Å². The molecule has 1 unspecified atom stereocenters. The maximum Gasteiger partial charge on any atom is 0.240 e. The molecule has 114 valence electrons. The Bertz CT molecular complexity index is 393.